The van der Waals surface area contributed by atoms with E-state index in [1.165, 1.54) is 0 Å². The van der Waals surface area contributed by atoms with E-state index >= 15 is 0 Å². The van der Waals surface area contributed by atoms with E-state index in [1.807, 2.05) is 6.07 Å². The Morgan fingerprint density at radius 3 is 2.61 bits per heavy atom. The highest BCUT2D eigenvalue weighted by molar-refractivity contribution is 5.99. The van der Waals surface area contributed by atoms with Crippen molar-refractivity contribution in [2.75, 3.05) is 26.0 Å². The maximum atomic E-state index is 11.2. The molecule has 0 radical (unpaired) electrons. The van der Waals surface area contributed by atoms with E-state index in [0.29, 0.717) is 17.3 Å². The summed E-state index contributed by atoms with van der Waals surface area (Å²) in [6, 6.07) is 5.54. The number of pyridine rings is 1. The highest BCUT2D eigenvalue weighted by Gasteiger charge is 2.16. The smallest absolute Gasteiger partial charge is 0.278 e. The van der Waals surface area contributed by atoms with Crippen LogP contribution in [0, 0.1) is 16.0 Å². The summed E-state index contributed by atoms with van der Waals surface area (Å²) < 4.78 is 0. The average Bonchev–Trinajstić information content (AvgIpc) is 2.50. The van der Waals surface area contributed by atoms with Gasteiger partial charge in [0.1, 0.15) is 0 Å². The van der Waals surface area contributed by atoms with Crippen LogP contribution in [0.4, 0.5) is 11.4 Å². The second-order valence-corrected chi connectivity index (χ2v) is 6.44. The maximum absolute atomic E-state index is 11.2. The largest absolute Gasteiger partial charge is 0.383 e. The van der Waals surface area contributed by atoms with Crippen molar-refractivity contribution in [3.05, 3.63) is 40.7 Å². The Kier molecular flexibility index (Phi) is 5.50. The van der Waals surface area contributed by atoms with Gasteiger partial charge in [0.25, 0.3) is 5.69 Å². The molecule has 0 aliphatic carbocycles. The molecule has 2 aromatic rings. The lowest BCUT2D eigenvalue weighted by Crippen LogP contribution is -2.35. The number of hydrogen-bond donors (Lipinski definition) is 1. The first-order chi connectivity index (χ1) is 10.9. The number of likely N-dealkylation sites (N-methyl/N-ethyl adjacent to an activating group) is 1. The fourth-order valence-corrected chi connectivity index (χ4v) is 2.74. The van der Waals surface area contributed by atoms with Gasteiger partial charge in [-0.3, -0.25) is 15.1 Å². The molecule has 6 nitrogen and oxygen atoms in total. The molecular weight excluding hydrogens is 292 g/mol. The zero-order valence-electron chi connectivity index (χ0n) is 14.1. The lowest BCUT2D eigenvalue weighted by Gasteiger charge is -2.27. The van der Waals surface area contributed by atoms with Crippen molar-refractivity contribution in [2.24, 2.45) is 5.92 Å². The van der Waals surface area contributed by atoms with Gasteiger partial charge in [-0.05, 0) is 38.6 Å². The first kappa shape index (κ1) is 17.1. The molecule has 0 saturated carbocycles. The van der Waals surface area contributed by atoms with Gasteiger partial charge in [0.05, 0.1) is 10.3 Å². The molecule has 1 atom stereocenters. The Morgan fingerprint density at radius 1 is 1.26 bits per heavy atom. The van der Waals surface area contributed by atoms with Crippen LogP contribution in [0.5, 0.6) is 0 Å². The van der Waals surface area contributed by atoms with Gasteiger partial charge in [-0.25, -0.2) is 0 Å². The van der Waals surface area contributed by atoms with Crippen molar-refractivity contribution in [1.82, 2.24) is 9.88 Å². The van der Waals surface area contributed by atoms with Gasteiger partial charge in [0, 0.05) is 42.1 Å². The quantitative estimate of drug-likeness (QED) is 0.625. The van der Waals surface area contributed by atoms with E-state index in [0.717, 1.165) is 24.0 Å². The van der Waals surface area contributed by atoms with Gasteiger partial charge in [-0.15, -0.1) is 0 Å². The minimum Gasteiger partial charge on any atom is -0.383 e. The summed E-state index contributed by atoms with van der Waals surface area (Å²) >= 11 is 0. The predicted octanol–water partition coefficient (Wildman–Crippen LogP) is 3.53. The summed E-state index contributed by atoms with van der Waals surface area (Å²) in [5.74, 6) is 0.613. The summed E-state index contributed by atoms with van der Waals surface area (Å²) in [6.45, 7) is 5.22. The third-order valence-corrected chi connectivity index (χ3v) is 3.99. The SMILES string of the molecule is CC(C)CC(CNc1ccc([N+](=O)[O-])c2cnccc12)N(C)C. The topological polar surface area (TPSA) is 71.3 Å². The standard InChI is InChI=1S/C17H24N4O2/c1-12(2)9-13(20(3)4)10-19-16-5-6-17(21(22)23)15-11-18-8-7-14(15)16/h5-8,11-13,19H,9-10H2,1-4H3. The van der Waals surface area contributed by atoms with Gasteiger partial charge in [0.15, 0.2) is 0 Å². The molecule has 0 saturated heterocycles. The number of nitro groups is 1. The molecule has 0 fully saturated rings. The highest BCUT2D eigenvalue weighted by atomic mass is 16.6. The molecule has 0 aliphatic heterocycles. The number of hydrogen-bond acceptors (Lipinski definition) is 5. The number of fused-ring (bicyclic) bond motifs is 1. The van der Waals surface area contributed by atoms with Crippen LogP contribution < -0.4 is 5.32 Å². The van der Waals surface area contributed by atoms with Crippen molar-refractivity contribution < 1.29 is 4.92 Å². The molecule has 1 N–H and O–H groups in total. The van der Waals surface area contributed by atoms with Crippen LogP contribution in [-0.2, 0) is 0 Å². The molecule has 0 spiro atoms. The Labute approximate surface area is 136 Å². The summed E-state index contributed by atoms with van der Waals surface area (Å²) in [5, 5.41) is 16.0. The normalized spacial score (nSPS) is 12.8. The third-order valence-electron chi connectivity index (χ3n) is 3.99. The van der Waals surface area contributed by atoms with Gasteiger partial charge in [0.2, 0.25) is 0 Å². The van der Waals surface area contributed by atoms with Crippen molar-refractivity contribution >= 4 is 22.1 Å². The van der Waals surface area contributed by atoms with Gasteiger partial charge >= 0.3 is 0 Å². The Bertz CT molecular complexity index is 685. The first-order valence-electron chi connectivity index (χ1n) is 7.81. The van der Waals surface area contributed by atoms with Crippen LogP contribution >= 0.6 is 0 Å². The Morgan fingerprint density at radius 2 is 2.00 bits per heavy atom. The minimum absolute atomic E-state index is 0.0880. The number of rotatable bonds is 7. The molecule has 1 unspecified atom stereocenters. The minimum atomic E-state index is -0.366. The first-order valence-corrected chi connectivity index (χ1v) is 7.81. The lowest BCUT2D eigenvalue weighted by atomic mass is 10.0. The van der Waals surface area contributed by atoms with E-state index in [2.05, 4.69) is 43.1 Å². The number of anilines is 1. The van der Waals surface area contributed by atoms with Crippen molar-refractivity contribution in [3.63, 3.8) is 0 Å². The zero-order chi connectivity index (χ0) is 17.0. The summed E-state index contributed by atoms with van der Waals surface area (Å²) in [4.78, 5) is 17.0. The molecular formula is C17H24N4O2. The number of nitrogens with zero attached hydrogens (tertiary/aromatic N) is 3. The van der Waals surface area contributed by atoms with Crippen LogP contribution in [0.2, 0.25) is 0 Å². The second-order valence-electron chi connectivity index (χ2n) is 6.44. The monoisotopic (exact) mass is 316 g/mol. The number of nitro benzene ring substituents is 1. The molecule has 0 amide bonds. The molecule has 124 valence electrons. The van der Waals surface area contributed by atoms with Crippen molar-refractivity contribution in [3.8, 4) is 0 Å². The molecule has 0 bridgehead atoms. The van der Waals surface area contributed by atoms with E-state index in [-0.39, 0.29) is 10.6 Å². The summed E-state index contributed by atoms with van der Waals surface area (Å²) in [5.41, 5.74) is 0.994. The number of non-ortho nitro benzene ring substituents is 1. The van der Waals surface area contributed by atoms with Crippen LogP contribution in [0.3, 0.4) is 0 Å². The highest BCUT2D eigenvalue weighted by Crippen LogP contribution is 2.30. The average molecular weight is 316 g/mol. The van der Waals surface area contributed by atoms with Crippen LogP contribution in [0.25, 0.3) is 10.8 Å². The molecule has 6 heteroatoms. The number of benzene rings is 1. The summed E-state index contributed by atoms with van der Waals surface area (Å²) in [6.07, 6.45) is 4.30. The fourth-order valence-electron chi connectivity index (χ4n) is 2.74. The third kappa shape index (κ3) is 4.16. The summed E-state index contributed by atoms with van der Waals surface area (Å²) in [7, 11) is 4.15. The molecule has 23 heavy (non-hydrogen) atoms. The zero-order valence-corrected chi connectivity index (χ0v) is 14.1. The van der Waals surface area contributed by atoms with Crippen molar-refractivity contribution in [2.45, 2.75) is 26.3 Å². The van der Waals surface area contributed by atoms with Gasteiger partial charge < -0.3 is 10.2 Å². The molecule has 1 aromatic carbocycles. The van der Waals surface area contributed by atoms with E-state index in [4.69, 9.17) is 0 Å². The van der Waals surface area contributed by atoms with Crippen molar-refractivity contribution in [1.29, 1.82) is 0 Å². The predicted molar refractivity (Wildman–Crippen MR) is 93.8 cm³/mol. The fraction of sp³-hybridized carbons (Fsp3) is 0.471. The molecule has 0 aliphatic rings. The van der Waals surface area contributed by atoms with Gasteiger partial charge in [-0.1, -0.05) is 13.8 Å². The Hall–Kier alpha value is -2.21. The number of aromatic nitrogens is 1. The van der Waals surface area contributed by atoms with E-state index < -0.39 is 0 Å². The maximum Gasteiger partial charge on any atom is 0.278 e. The molecule has 1 aromatic heterocycles. The lowest BCUT2D eigenvalue weighted by molar-refractivity contribution is -0.383. The van der Waals surface area contributed by atoms with E-state index in [9.17, 15) is 10.1 Å². The van der Waals surface area contributed by atoms with E-state index in [1.54, 1.807) is 24.5 Å². The Balaban J connectivity index is 2.27. The second kappa shape index (κ2) is 7.37. The number of nitrogens with one attached hydrogen (secondary N) is 1. The molecule has 1 heterocycles. The van der Waals surface area contributed by atoms with Crippen LogP contribution in [-0.4, -0.2) is 41.5 Å². The van der Waals surface area contributed by atoms with Crippen LogP contribution in [0.15, 0.2) is 30.6 Å². The van der Waals surface area contributed by atoms with Gasteiger partial charge in [-0.2, -0.15) is 0 Å². The molecule has 2 rings (SSSR count). The van der Waals surface area contributed by atoms with Crippen LogP contribution in [0.1, 0.15) is 20.3 Å².